The molecule has 1 aliphatic heterocycles. The van der Waals surface area contributed by atoms with E-state index in [2.05, 4.69) is 25.0 Å². The average Bonchev–Trinajstić information content (AvgIpc) is 3.12. The summed E-state index contributed by atoms with van der Waals surface area (Å²) in [6.07, 6.45) is 4.79. The number of aliphatic hydroxyl groups excluding tert-OH is 2. The molecule has 1 aliphatic rings. The van der Waals surface area contributed by atoms with Crippen LogP contribution in [0.3, 0.4) is 0 Å². The molecule has 53 heavy (non-hydrogen) atoms. The van der Waals surface area contributed by atoms with Gasteiger partial charge in [0.1, 0.15) is 17.4 Å². The van der Waals surface area contributed by atoms with Crippen LogP contribution in [0, 0.1) is 16.8 Å². The molecule has 0 unspecified atom stereocenters. The van der Waals surface area contributed by atoms with E-state index in [4.69, 9.17) is 33.0 Å². The van der Waals surface area contributed by atoms with E-state index in [0.29, 0.717) is 29.6 Å². The average molecular weight is 779 g/mol. The second-order valence-corrected chi connectivity index (χ2v) is 13.0. The number of piperazine rings is 1. The van der Waals surface area contributed by atoms with Crippen LogP contribution in [0.1, 0.15) is 52.9 Å². The monoisotopic (exact) mass is 777 g/mol. The molecule has 282 valence electrons. The van der Waals surface area contributed by atoms with Crippen molar-refractivity contribution in [1.82, 2.24) is 24.8 Å². The number of halogens is 4. The van der Waals surface area contributed by atoms with Crippen LogP contribution in [-0.4, -0.2) is 91.1 Å². The van der Waals surface area contributed by atoms with Crippen LogP contribution in [0.15, 0.2) is 55.1 Å². The number of benzene rings is 1. The van der Waals surface area contributed by atoms with Gasteiger partial charge in [-0.2, -0.15) is 4.73 Å². The van der Waals surface area contributed by atoms with Crippen molar-refractivity contribution in [3.63, 3.8) is 0 Å². The first-order valence-corrected chi connectivity index (χ1v) is 16.5. The molecular weight excluding hydrogens is 743 g/mol. The molecule has 0 radical (unpaired) electrons. The number of ether oxygens (including phenoxy) is 2. The standard InChI is InChI=1S/C26H27ClF2N6O5.C8H8ClNO3/c1-15(24(37)32-22-10-31-23(11-30-22)40-21-5-4-16(28)8-20(21)29)33-6-7-34(26(2,3)14-33)25(38)18-9-17(13-36)35(39)12-19(18)27;1-13-8(12)6-2-5(4-11)10-3-7(6)9/h4-5,8-12,15,36H,6-7,13-14H2,1-3H3,(H,30,32,37);2-3,11H,4H2,1H3/t15-;/m0./s1. The summed E-state index contributed by atoms with van der Waals surface area (Å²) in [5.74, 6) is -3.05. The number of rotatable bonds is 9. The highest BCUT2D eigenvalue weighted by atomic mass is 35.5. The van der Waals surface area contributed by atoms with Crippen molar-refractivity contribution in [2.24, 2.45) is 0 Å². The first-order chi connectivity index (χ1) is 25.1. The zero-order valence-corrected chi connectivity index (χ0v) is 30.4. The maximum atomic E-state index is 13.8. The van der Waals surface area contributed by atoms with Gasteiger partial charge in [0.05, 0.1) is 59.5 Å². The fourth-order valence-electron chi connectivity index (χ4n) is 5.21. The Balaban J connectivity index is 0.000000407. The van der Waals surface area contributed by atoms with Crippen molar-refractivity contribution in [3.05, 3.63) is 105 Å². The Bertz CT molecular complexity index is 1970. The molecule has 15 nitrogen and oxygen atoms in total. The van der Waals surface area contributed by atoms with Gasteiger partial charge in [-0.05, 0) is 39.0 Å². The minimum atomic E-state index is -0.893. The fourth-order valence-corrected chi connectivity index (χ4v) is 5.62. The zero-order valence-electron chi connectivity index (χ0n) is 28.8. The molecule has 0 spiro atoms. The number of anilines is 1. The first kappa shape index (κ1) is 40.7. The minimum absolute atomic E-state index is 0.000186. The highest BCUT2D eigenvalue weighted by Crippen LogP contribution is 2.28. The van der Waals surface area contributed by atoms with Gasteiger partial charge in [0.15, 0.2) is 23.6 Å². The van der Waals surface area contributed by atoms with Crippen LogP contribution < -0.4 is 14.8 Å². The lowest BCUT2D eigenvalue weighted by atomic mass is 9.96. The van der Waals surface area contributed by atoms with Crippen molar-refractivity contribution >= 4 is 46.8 Å². The highest BCUT2D eigenvalue weighted by Gasteiger charge is 2.40. The van der Waals surface area contributed by atoms with E-state index >= 15 is 0 Å². The number of aromatic nitrogens is 4. The number of nitrogens with zero attached hydrogens (tertiary/aromatic N) is 6. The molecule has 0 saturated carbocycles. The van der Waals surface area contributed by atoms with Crippen LogP contribution in [-0.2, 0) is 22.7 Å². The molecule has 4 heterocycles. The highest BCUT2D eigenvalue weighted by molar-refractivity contribution is 6.34. The smallest absolute Gasteiger partial charge is 0.339 e. The van der Waals surface area contributed by atoms with Gasteiger partial charge in [0, 0.05) is 38.0 Å². The van der Waals surface area contributed by atoms with Crippen molar-refractivity contribution in [1.29, 1.82) is 0 Å². The molecular formula is C34H35Cl2F2N7O8. The second-order valence-electron chi connectivity index (χ2n) is 12.1. The summed E-state index contributed by atoms with van der Waals surface area (Å²) in [5.41, 5.74) is -0.00398. The molecule has 1 saturated heterocycles. The van der Waals surface area contributed by atoms with Crippen LogP contribution in [0.25, 0.3) is 0 Å². The molecule has 1 fully saturated rings. The molecule has 1 aromatic carbocycles. The van der Waals surface area contributed by atoms with E-state index in [-0.39, 0.29) is 69.3 Å². The van der Waals surface area contributed by atoms with Gasteiger partial charge in [-0.15, -0.1) is 0 Å². The van der Waals surface area contributed by atoms with Crippen molar-refractivity contribution in [2.45, 2.75) is 45.6 Å². The van der Waals surface area contributed by atoms with Crippen LogP contribution in [0.2, 0.25) is 10.0 Å². The van der Waals surface area contributed by atoms with E-state index in [1.165, 1.54) is 37.8 Å². The maximum Gasteiger partial charge on any atom is 0.339 e. The van der Waals surface area contributed by atoms with Crippen molar-refractivity contribution in [2.75, 3.05) is 32.1 Å². The summed E-state index contributed by atoms with van der Waals surface area (Å²) in [6.45, 7) is 5.67. The normalized spacial score (nSPS) is 14.4. The number of hydrogen-bond donors (Lipinski definition) is 3. The molecule has 19 heteroatoms. The Labute approximate surface area is 312 Å². The van der Waals surface area contributed by atoms with Gasteiger partial charge in [-0.25, -0.2) is 23.5 Å². The molecule has 0 bridgehead atoms. The summed E-state index contributed by atoms with van der Waals surface area (Å²) >= 11 is 11.8. The lowest BCUT2D eigenvalue weighted by Gasteiger charge is -2.48. The Kier molecular flexibility index (Phi) is 13.5. The van der Waals surface area contributed by atoms with Crippen LogP contribution in [0.4, 0.5) is 14.6 Å². The lowest BCUT2D eigenvalue weighted by Crippen LogP contribution is -2.63. The summed E-state index contributed by atoms with van der Waals surface area (Å²) in [7, 11) is 1.26. The van der Waals surface area contributed by atoms with Gasteiger partial charge >= 0.3 is 5.97 Å². The molecule has 3 N–H and O–H groups in total. The summed E-state index contributed by atoms with van der Waals surface area (Å²) < 4.78 is 37.0. The fraction of sp³-hybridized carbons (Fsp3) is 0.324. The van der Waals surface area contributed by atoms with Gasteiger partial charge in [0.25, 0.3) is 5.91 Å². The maximum absolute atomic E-state index is 13.8. The van der Waals surface area contributed by atoms with E-state index in [9.17, 15) is 33.5 Å². The Morgan fingerprint density at radius 2 is 1.75 bits per heavy atom. The second kappa shape index (κ2) is 17.6. The van der Waals surface area contributed by atoms with E-state index in [1.54, 1.807) is 11.8 Å². The molecule has 3 aromatic heterocycles. The minimum Gasteiger partial charge on any atom is -0.618 e. The molecule has 4 aromatic rings. The zero-order chi connectivity index (χ0) is 39.0. The number of hydrogen-bond acceptors (Lipinski definition) is 12. The van der Waals surface area contributed by atoms with E-state index in [0.717, 1.165) is 18.3 Å². The Morgan fingerprint density at radius 3 is 2.36 bits per heavy atom. The Morgan fingerprint density at radius 1 is 1.02 bits per heavy atom. The number of pyridine rings is 2. The number of aliphatic hydroxyl groups is 2. The number of carbonyl (C=O) groups excluding carboxylic acids is 3. The largest absolute Gasteiger partial charge is 0.618 e. The molecule has 0 aliphatic carbocycles. The first-order valence-electron chi connectivity index (χ1n) is 15.8. The Hall–Kier alpha value is -5.07. The predicted molar refractivity (Wildman–Crippen MR) is 186 cm³/mol. The summed E-state index contributed by atoms with van der Waals surface area (Å²) in [4.78, 5) is 52.8. The lowest BCUT2D eigenvalue weighted by molar-refractivity contribution is -0.616. The third-order valence-corrected chi connectivity index (χ3v) is 8.65. The number of methoxy groups -OCH3 is 1. The van der Waals surface area contributed by atoms with E-state index in [1.807, 2.05) is 18.7 Å². The predicted octanol–water partition coefficient (Wildman–Crippen LogP) is 3.90. The summed E-state index contributed by atoms with van der Waals surface area (Å²) in [6, 6.07) is 4.94. The SMILES string of the molecule is COC(=O)c1cc(CO)ncc1Cl.C[C@@H](C(=O)Nc1cnc(Oc2ccc(F)cc2F)cn1)N1CCN(C(=O)c2cc(CO)[n+]([O-])cc2Cl)C(C)(C)C1. The quantitative estimate of drug-likeness (QED) is 0.126. The van der Waals surface area contributed by atoms with Gasteiger partial charge in [-0.3, -0.25) is 19.5 Å². The van der Waals surface area contributed by atoms with Gasteiger partial charge < -0.3 is 35.1 Å². The summed E-state index contributed by atoms with van der Waals surface area (Å²) in [5, 5.41) is 32.9. The topological polar surface area (TPSA) is 194 Å². The van der Waals surface area contributed by atoms with Crippen molar-refractivity contribution in [3.8, 4) is 11.6 Å². The number of nitrogens with one attached hydrogen (secondary N) is 1. The molecule has 5 rings (SSSR count). The number of amides is 2. The van der Waals surface area contributed by atoms with Crippen LogP contribution >= 0.6 is 23.2 Å². The van der Waals surface area contributed by atoms with Crippen molar-refractivity contribution < 1.29 is 47.6 Å². The van der Waals surface area contributed by atoms with Gasteiger partial charge in [0.2, 0.25) is 17.5 Å². The van der Waals surface area contributed by atoms with E-state index < -0.39 is 35.8 Å². The molecule has 1 atom stereocenters. The third-order valence-electron chi connectivity index (χ3n) is 8.05. The van der Waals surface area contributed by atoms with Crippen LogP contribution in [0.5, 0.6) is 11.6 Å². The number of carbonyl (C=O) groups is 3. The van der Waals surface area contributed by atoms with Gasteiger partial charge in [-0.1, -0.05) is 23.2 Å². The molecule has 2 amide bonds. The number of esters is 1. The third kappa shape index (κ3) is 10.1.